The van der Waals surface area contributed by atoms with E-state index in [2.05, 4.69) is 5.32 Å². The Morgan fingerprint density at radius 2 is 1.62 bits per heavy atom. The van der Waals surface area contributed by atoms with E-state index in [1.807, 2.05) is 0 Å². The number of halogens is 3. The quantitative estimate of drug-likeness (QED) is 0.158. The maximum Gasteiger partial charge on any atom is 0.254 e. The highest BCUT2D eigenvalue weighted by Crippen LogP contribution is 2.30. The molecule has 0 bridgehead atoms. The Morgan fingerprint density at radius 3 is 2.22 bits per heavy atom. The number of ether oxygens (including phenoxy) is 5. The van der Waals surface area contributed by atoms with Gasteiger partial charge < -0.3 is 34.7 Å². The average Bonchev–Trinajstić information content (AvgIpc) is 2.87. The molecule has 2 aromatic carbocycles. The molecule has 0 saturated carbocycles. The zero-order valence-corrected chi connectivity index (χ0v) is 21.7. The molecule has 0 aliphatic carbocycles. The molecule has 2 aromatic rings. The summed E-state index contributed by atoms with van der Waals surface area (Å²) in [6.07, 6.45) is -1.52. The predicted molar refractivity (Wildman–Crippen MR) is 136 cm³/mol. The van der Waals surface area contributed by atoms with Crippen molar-refractivity contribution in [1.29, 1.82) is 5.41 Å². The van der Waals surface area contributed by atoms with Gasteiger partial charge >= 0.3 is 0 Å². The van der Waals surface area contributed by atoms with Crippen molar-refractivity contribution >= 4 is 24.1 Å². The van der Waals surface area contributed by atoms with Crippen LogP contribution in [0.2, 0.25) is 0 Å². The third-order valence-corrected chi connectivity index (χ3v) is 4.95. The van der Waals surface area contributed by atoms with E-state index in [1.165, 1.54) is 0 Å². The minimum atomic E-state index is -1.52. The first-order chi connectivity index (χ1) is 17.4. The van der Waals surface area contributed by atoms with Crippen LogP contribution < -0.4 is 15.8 Å². The number of nitrogens with two attached hydrogens (primary N) is 1. The van der Waals surface area contributed by atoms with Gasteiger partial charge in [0.15, 0.2) is 17.7 Å². The third kappa shape index (κ3) is 10.6. The van der Waals surface area contributed by atoms with Gasteiger partial charge in [-0.3, -0.25) is 10.2 Å². The molecular weight excluding hydrogens is 512 g/mol. The van der Waals surface area contributed by atoms with Crippen LogP contribution in [0.3, 0.4) is 0 Å². The van der Waals surface area contributed by atoms with Gasteiger partial charge in [0.25, 0.3) is 5.91 Å². The van der Waals surface area contributed by atoms with Crippen LogP contribution in [0.25, 0.3) is 0 Å². The Kier molecular flexibility index (Phi) is 15.3. The van der Waals surface area contributed by atoms with E-state index in [4.69, 9.17) is 34.8 Å². The molecule has 4 N–H and O–H groups in total. The van der Waals surface area contributed by atoms with E-state index >= 15 is 4.39 Å². The van der Waals surface area contributed by atoms with Gasteiger partial charge in [-0.05, 0) is 24.6 Å². The average molecular weight is 546 g/mol. The number of hydrogen-bond acceptors (Lipinski definition) is 7. The van der Waals surface area contributed by atoms with Gasteiger partial charge in [0.05, 0.1) is 38.6 Å². The Balaban J connectivity index is 0.00000684. The zero-order valence-electron chi connectivity index (χ0n) is 20.9. The van der Waals surface area contributed by atoms with Gasteiger partial charge in [-0.2, -0.15) is 0 Å². The van der Waals surface area contributed by atoms with Crippen molar-refractivity contribution in [1.82, 2.24) is 5.32 Å². The van der Waals surface area contributed by atoms with Gasteiger partial charge in [-0.1, -0.05) is 24.3 Å². The van der Waals surface area contributed by atoms with Crippen molar-refractivity contribution in [2.24, 2.45) is 5.73 Å². The molecule has 37 heavy (non-hydrogen) atoms. The summed E-state index contributed by atoms with van der Waals surface area (Å²) in [5, 5.41) is 10.1. The maximum atomic E-state index is 15.2. The minimum absolute atomic E-state index is 0. The lowest BCUT2D eigenvalue weighted by atomic mass is 10.1. The number of amidine groups is 1. The normalized spacial score (nSPS) is 11.5. The summed E-state index contributed by atoms with van der Waals surface area (Å²) in [5.74, 6) is -2.95. The molecule has 9 nitrogen and oxygen atoms in total. The largest absolute Gasteiger partial charge is 0.488 e. The van der Waals surface area contributed by atoms with Crippen LogP contribution >= 0.6 is 12.4 Å². The summed E-state index contributed by atoms with van der Waals surface area (Å²) in [6, 6.07) is 8.84. The summed E-state index contributed by atoms with van der Waals surface area (Å²) in [6.45, 7) is 3.60. The van der Waals surface area contributed by atoms with Gasteiger partial charge in [0.1, 0.15) is 18.3 Å². The molecule has 0 fully saturated rings. The SMILES string of the molecule is CCO[C@H](C(=O)NCc1ccc(C(=N)N)cc1)c1c(F)ccc(OCCOCCOCCOC)c1F.Cl. The monoisotopic (exact) mass is 545 g/mol. The lowest BCUT2D eigenvalue weighted by Gasteiger charge is -2.20. The Labute approximate surface area is 221 Å². The molecule has 0 aliphatic heterocycles. The second kappa shape index (κ2) is 17.6. The molecule has 0 aliphatic rings. The summed E-state index contributed by atoms with van der Waals surface area (Å²) in [5.41, 5.74) is 6.15. The number of rotatable bonds is 17. The van der Waals surface area contributed by atoms with Gasteiger partial charge in [-0.15, -0.1) is 12.4 Å². The van der Waals surface area contributed by atoms with Crippen LogP contribution in [-0.2, 0) is 30.3 Å². The fourth-order valence-corrected chi connectivity index (χ4v) is 3.12. The molecule has 0 heterocycles. The summed E-state index contributed by atoms with van der Waals surface area (Å²) in [7, 11) is 1.58. The van der Waals surface area contributed by atoms with Crippen molar-refractivity contribution in [2.75, 3.05) is 53.4 Å². The molecule has 2 rings (SSSR count). The van der Waals surface area contributed by atoms with E-state index in [9.17, 15) is 9.18 Å². The Morgan fingerprint density at radius 1 is 1.00 bits per heavy atom. The highest BCUT2D eigenvalue weighted by Gasteiger charge is 2.29. The number of hydrogen-bond donors (Lipinski definition) is 3. The highest BCUT2D eigenvalue weighted by atomic mass is 35.5. The molecule has 206 valence electrons. The first-order valence-electron chi connectivity index (χ1n) is 11.5. The van der Waals surface area contributed by atoms with E-state index < -0.39 is 29.2 Å². The van der Waals surface area contributed by atoms with Crippen molar-refractivity contribution in [3.05, 3.63) is 64.7 Å². The van der Waals surface area contributed by atoms with E-state index in [1.54, 1.807) is 38.3 Å². The van der Waals surface area contributed by atoms with Crippen molar-refractivity contribution < 1.29 is 37.3 Å². The second-order valence-electron chi connectivity index (χ2n) is 7.50. The van der Waals surface area contributed by atoms with Crippen LogP contribution in [0.4, 0.5) is 8.78 Å². The first-order valence-corrected chi connectivity index (χ1v) is 11.5. The summed E-state index contributed by atoms with van der Waals surface area (Å²) < 4.78 is 56.1. The molecule has 0 radical (unpaired) electrons. The number of nitrogen functional groups attached to an aromatic ring is 1. The summed E-state index contributed by atoms with van der Waals surface area (Å²) >= 11 is 0. The number of carbonyl (C=O) groups is 1. The molecule has 12 heteroatoms. The molecule has 0 unspecified atom stereocenters. The van der Waals surface area contributed by atoms with Crippen molar-refractivity contribution in [2.45, 2.75) is 19.6 Å². The number of methoxy groups -OCH3 is 1. The maximum absolute atomic E-state index is 15.2. The smallest absolute Gasteiger partial charge is 0.254 e. The van der Waals surface area contributed by atoms with Gasteiger partial charge in [0, 0.05) is 25.8 Å². The fourth-order valence-electron chi connectivity index (χ4n) is 3.12. The topological polar surface area (TPSA) is 125 Å². The van der Waals surface area contributed by atoms with E-state index in [0.717, 1.165) is 12.1 Å². The van der Waals surface area contributed by atoms with E-state index in [0.29, 0.717) is 37.6 Å². The Bertz CT molecular complexity index is 982. The molecule has 1 atom stereocenters. The zero-order chi connectivity index (χ0) is 26.3. The number of benzene rings is 2. The van der Waals surface area contributed by atoms with Crippen LogP contribution in [0.5, 0.6) is 5.75 Å². The van der Waals surface area contributed by atoms with Crippen molar-refractivity contribution in [3.8, 4) is 5.75 Å². The van der Waals surface area contributed by atoms with E-state index in [-0.39, 0.29) is 50.4 Å². The molecule has 0 spiro atoms. The summed E-state index contributed by atoms with van der Waals surface area (Å²) in [4.78, 5) is 12.8. The van der Waals surface area contributed by atoms with Crippen LogP contribution in [0.1, 0.15) is 29.7 Å². The highest BCUT2D eigenvalue weighted by molar-refractivity contribution is 5.94. The van der Waals surface area contributed by atoms with Crippen LogP contribution in [-0.4, -0.2) is 65.1 Å². The first kappa shape index (κ1) is 32.2. The van der Waals surface area contributed by atoms with Crippen molar-refractivity contribution in [3.63, 3.8) is 0 Å². The molecular formula is C25H34ClF2N3O6. The predicted octanol–water partition coefficient (Wildman–Crippen LogP) is 3.12. The van der Waals surface area contributed by atoms with Crippen LogP contribution in [0.15, 0.2) is 36.4 Å². The standard InChI is InChI=1S/C25H33F2N3O6.ClH/c1-3-35-23(25(31)30-16-17-4-6-18(7-5-17)24(28)29)21-19(26)8-9-20(22(21)27)36-15-14-34-13-12-33-11-10-32-2;/h4-9,23H,3,10-16H2,1-2H3,(H3,28,29)(H,30,31);1H/t23-;/m0./s1. The number of amides is 1. The van der Waals surface area contributed by atoms with Gasteiger partial charge in [0.2, 0.25) is 0 Å². The minimum Gasteiger partial charge on any atom is -0.488 e. The number of nitrogens with one attached hydrogen (secondary N) is 2. The van der Waals surface area contributed by atoms with Crippen LogP contribution in [0, 0.1) is 17.0 Å². The number of carbonyl (C=O) groups excluding carboxylic acids is 1. The molecule has 1 amide bonds. The lowest BCUT2D eigenvalue weighted by molar-refractivity contribution is -0.133. The Hall–Kier alpha value is -2.83. The molecule has 0 aromatic heterocycles. The third-order valence-electron chi connectivity index (χ3n) is 4.95. The lowest BCUT2D eigenvalue weighted by Crippen LogP contribution is -2.32. The van der Waals surface area contributed by atoms with Gasteiger partial charge in [-0.25, -0.2) is 8.78 Å². The second-order valence-corrected chi connectivity index (χ2v) is 7.50. The fraction of sp³-hybridized carbons (Fsp3) is 0.440. The molecule has 0 saturated heterocycles.